The number of imidazole rings is 1. The third kappa shape index (κ3) is 8.14. The van der Waals surface area contributed by atoms with Gasteiger partial charge in [0.15, 0.2) is 24.0 Å². The first-order valence-corrected chi connectivity index (χ1v) is 15.1. The molecule has 0 radical (unpaired) electrons. The molecule has 1 fully saturated rings. The number of aldehydes is 1. The van der Waals surface area contributed by atoms with Gasteiger partial charge in [-0.15, -0.1) is 0 Å². The molecule has 0 aromatic carbocycles. The highest BCUT2D eigenvalue weighted by atomic mass is 31.3. The number of nitrogen functional groups attached to an aromatic ring is 1. The van der Waals surface area contributed by atoms with E-state index in [9.17, 15) is 48.7 Å². The Bertz CT molecular complexity index is 1330. The number of hydrogen-bond acceptors (Lipinski definition) is 17. The number of phosphoric acid groups is 3. The highest BCUT2D eigenvalue weighted by Crippen LogP contribution is 2.61. The highest BCUT2D eigenvalue weighted by Gasteiger charge is 2.50. The van der Waals surface area contributed by atoms with E-state index in [1.807, 2.05) is 0 Å². The molecule has 8 atom stereocenters. The molecule has 2 aromatic rings. The molecule has 226 valence electrons. The Labute approximate surface area is 222 Å². The molecule has 0 amide bonds. The van der Waals surface area contributed by atoms with Crippen LogP contribution in [0.2, 0.25) is 0 Å². The predicted octanol–water partition coefficient (Wildman–Crippen LogP) is -3.32. The fourth-order valence-corrected chi connectivity index (χ4v) is 6.07. The zero-order valence-electron chi connectivity index (χ0n) is 19.6. The maximum atomic E-state index is 12.9. The van der Waals surface area contributed by atoms with Crippen LogP contribution in [-0.4, -0.2) is 116 Å². The van der Waals surface area contributed by atoms with E-state index < -0.39 is 79.5 Å². The van der Waals surface area contributed by atoms with E-state index in [1.165, 1.54) is 0 Å². The highest BCUT2D eigenvalue weighted by molar-refractivity contribution is 7.61. The van der Waals surface area contributed by atoms with Crippen LogP contribution >= 0.6 is 23.5 Å². The van der Waals surface area contributed by atoms with Gasteiger partial charge >= 0.3 is 23.5 Å². The van der Waals surface area contributed by atoms with E-state index in [0.717, 1.165) is 17.2 Å². The standard InChI is InChI=1S/C15H24N5O17P3/c16-13-9-14(18-4-17-13)20(5-19-9)15-12(36-38(26,27)28)11(25)8(35-15)3-34-40(32,37-39(29,30)31)33-2-7(23)10(24)6(22)1-21/h1,4-8,10-12,15,22-25H,2-3H2,(H2,16,17,18)(H2,26,27,28)(H2,29,30,31)/t6-,7+,8+,10-,11+,12+,15+,40?/m0/s1. The zero-order valence-corrected chi connectivity index (χ0v) is 22.3. The number of aliphatic hydroxyl groups is 4. The lowest BCUT2D eigenvalue weighted by molar-refractivity contribution is -0.127. The first-order chi connectivity index (χ1) is 18.4. The number of phosphoric ester groups is 2. The number of carbonyl (C=O) groups is 1. The minimum absolute atomic E-state index is 0.0190. The lowest BCUT2D eigenvalue weighted by Crippen LogP contribution is -2.40. The third-order valence-electron chi connectivity index (χ3n) is 5.12. The molecule has 0 aliphatic carbocycles. The molecular weight excluding hydrogens is 615 g/mol. The topological polar surface area (TPSA) is 346 Å². The Balaban J connectivity index is 1.83. The average molecular weight is 639 g/mol. The Hall–Kier alpha value is -1.81. The van der Waals surface area contributed by atoms with Gasteiger partial charge in [-0.05, 0) is 0 Å². The monoisotopic (exact) mass is 639 g/mol. The molecule has 0 saturated carbocycles. The van der Waals surface area contributed by atoms with Crippen LogP contribution in [0.5, 0.6) is 0 Å². The van der Waals surface area contributed by atoms with Crippen molar-refractivity contribution in [2.45, 2.75) is 42.9 Å². The molecule has 3 heterocycles. The second kappa shape index (κ2) is 12.6. The van der Waals surface area contributed by atoms with E-state index >= 15 is 0 Å². The maximum absolute atomic E-state index is 12.9. The number of carbonyl (C=O) groups excluding carboxylic acids is 1. The van der Waals surface area contributed by atoms with Crippen molar-refractivity contribution in [1.29, 1.82) is 0 Å². The summed E-state index contributed by atoms with van der Waals surface area (Å²) in [6, 6.07) is 0. The van der Waals surface area contributed by atoms with Crippen LogP contribution in [0.1, 0.15) is 6.23 Å². The summed E-state index contributed by atoms with van der Waals surface area (Å²) < 4.78 is 60.5. The molecule has 1 aliphatic rings. The first kappa shape index (κ1) is 32.7. The van der Waals surface area contributed by atoms with Gasteiger partial charge in [0.1, 0.15) is 48.5 Å². The molecule has 2 aromatic heterocycles. The summed E-state index contributed by atoms with van der Waals surface area (Å²) in [4.78, 5) is 59.0. The van der Waals surface area contributed by atoms with E-state index in [0.29, 0.717) is 0 Å². The predicted molar refractivity (Wildman–Crippen MR) is 123 cm³/mol. The number of ether oxygens (including phenoxy) is 1. The summed E-state index contributed by atoms with van der Waals surface area (Å²) in [6.07, 6.45) is -11.6. The molecule has 22 nitrogen and oxygen atoms in total. The fourth-order valence-electron chi connectivity index (χ4n) is 3.36. The van der Waals surface area contributed by atoms with E-state index in [1.54, 1.807) is 0 Å². The largest absolute Gasteiger partial charge is 0.483 e. The number of nitrogens with two attached hydrogens (primary N) is 1. The van der Waals surface area contributed by atoms with Crippen LogP contribution in [0.15, 0.2) is 12.7 Å². The summed E-state index contributed by atoms with van der Waals surface area (Å²) in [5.41, 5.74) is 5.74. The Kier molecular flexibility index (Phi) is 10.3. The van der Waals surface area contributed by atoms with Crippen molar-refractivity contribution < 1.29 is 81.1 Å². The molecule has 1 aliphatic heterocycles. The number of aromatic nitrogens is 4. The van der Waals surface area contributed by atoms with E-state index in [2.05, 4.69) is 28.3 Å². The number of hydrogen-bond donors (Lipinski definition) is 9. The molecule has 40 heavy (non-hydrogen) atoms. The number of fused-ring (bicyclic) bond motifs is 1. The Morgan fingerprint density at radius 1 is 1.07 bits per heavy atom. The van der Waals surface area contributed by atoms with Gasteiger partial charge in [-0.2, -0.15) is 4.31 Å². The van der Waals surface area contributed by atoms with Crippen molar-refractivity contribution in [3.05, 3.63) is 12.7 Å². The summed E-state index contributed by atoms with van der Waals surface area (Å²) >= 11 is 0. The van der Waals surface area contributed by atoms with Crippen molar-refractivity contribution in [3.63, 3.8) is 0 Å². The molecule has 25 heteroatoms. The van der Waals surface area contributed by atoms with Crippen LogP contribution in [0.3, 0.4) is 0 Å². The lowest BCUT2D eigenvalue weighted by Gasteiger charge is -2.24. The number of nitrogens with zero attached hydrogens (tertiary/aromatic N) is 4. The van der Waals surface area contributed by atoms with Gasteiger partial charge in [-0.3, -0.25) is 18.1 Å². The van der Waals surface area contributed by atoms with Crippen LogP contribution < -0.4 is 5.73 Å². The van der Waals surface area contributed by atoms with Crippen molar-refractivity contribution in [2.75, 3.05) is 18.9 Å². The van der Waals surface area contributed by atoms with Gasteiger partial charge in [-0.1, -0.05) is 0 Å². The van der Waals surface area contributed by atoms with Crippen LogP contribution in [0, 0.1) is 0 Å². The quantitative estimate of drug-likeness (QED) is 0.0721. The first-order valence-electron chi connectivity index (χ1n) is 10.6. The smallest absolute Gasteiger partial charge is 0.388 e. The second-order valence-corrected chi connectivity index (χ2v) is 12.2. The summed E-state index contributed by atoms with van der Waals surface area (Å²) in [6.45, 7) is -2.36. The third-order valence-corrected chi connectivity index (χ3v) is 8.22. The van der Waals surface area contributed by atoms with Gasteiger partial charge in [0.05, 0.1) is 19.5 Å². The Morgan fingerprint density at radius 3 is 2.35 bits per heavy atom. The van der Waals surface area contributed by atoms with Gasteiger partial charge in [-0.25, -0.2) is 28.6 Å². The van der Waals surface area contributed by atoms with Gasteiger partial charge in [0, 0.05) is 0 Å². The van der Waals surface area contributed by atoms with Crippen LogP contribution in [-0.2, 0) is 41.1 Å². The average Bonchev–Trinajstić information content (AvgIpc) is 3.40. The lowest BCUT2D eigenvalue weighted by atomic mass is 10.1. The van der Waals surface area contributed by atoms with Crippen molar-refractivity contribution in [1.82, 2.24) is 19.5 Å². The van der Waals surface area contributed by atoms with Gasteiger partial charge in [0.2, 0.25) is 0 Å². The SMILES string of the molecule is Nc1ncnc2c1ncn2[C@@H]1O[C@H](COP(=O)(OC[C@@H](O)[C@@H](O)[C@@H](O)C=O)OP(=O)(O)O)[C@@H](O)[C@H]1OP(=O)(O)O. The van der Waals surface area contributed by atoms with Gasteiger partial charge in [0.25, 0.3) is 0 Å². The Morgan fingerprint density at radius 2 is 1.75 bits per heavy atom. The summed E-state index contributed by atoms with van der Waals surface area (Å²) in [5, 5.41) is 39.3. The molecule has 1 unspecified atom stereocenters. The number of rotatable bonds is 14. The normalized spacial score (nSPS) is 25.9. The van der Waals surface area contributed by atoms with Crippen molar-refractivity contribution in [3.8, 4) is 0 Å². The van der Waals surface area contributed by atoms with Crippen molar-refractivity contribution >= 4 is 46.7 Å². The van der Waals surface area contributed by atoms with Crippen LogP contribution in [0.4, 0.5) is 5.82 Å². The molecule has 10 N–H and O–H groups in total. The van der Waals surface area contributed by atoms with Crippen LogP contribution in [0.25, 0.3) is 11.2 Å². The molecule has 0 spiro atoms. The van der Waals surface area contributed by atoms with Crippen molar-refractivity contribution in [2.24, 2.45) is 0 Å². The van der Waals surface area contributed by atoms with E-state index in [4.69, 9.17) is 24.8 Å². The minimum Gasteiger partial charge on any atom is -0.388 e. The number of anilines is 1. The maximum Gasteiger partial charge on any atom is 0.483 e. The minimum atomic E-state index is -5.63. The molecular formula is C15H24N5O17P3. The summed E-state index contributed by atoms with van der Waals surface area (Å²) in [5.74, 6) is -0.0738. The fraction of sp³-hybridized carbons (Fsp3) is 0.600. The zero-order chi connectivity index (χ0) is 30.0. The number of aliphatic hydroxyl groups excluding tert-OH is 4. The molecule has 0 bridgehead atoms. The van der Waals surface area contributed by atoms with Gasteiger partial charge < -0.3 is 55.3 Å². The molecule has 3 rings (SSSR count). The molecule has 1 saturated heterocycles. The summed E-state index contributed by atoms with van der Waals surface area (Å²) in [7, 11) is -16.3. The second-order valence-electron chi connectivity index (χ2n) is 7.99. The van der Waals surface area contributed by atoms with E-state index in [-0.39, 0.29) is 23.3 Å².